The summed E-state index contributed by atoms with van der Waals surface area (Å²) in [4.78, 5) is 10.4. The van der Waals surface area contributed by atoms with Crippen LogP contribution in [0.15, 0.2) is 12.3 Å². The molecule has 66 valence electrons. The first-order valence-corrected chi connectivity index (χ1v) is 3.93. The molecule has 1 aromatic rings. The summed E-state index contributed by atoms with van der Waals surface area (Å²) in [5, 5.41) is 12.5. The Morgan fingerprint density at radius 1 is 1.83 bits per heavy atom. The van der Waals surface area contributed by atoms with Crippen LogP contribution in [0, 0.1) is 0 Å². The molecule has 0 bridgehead atoms. The van der Waals surface area contributed by atoms with Gasteiger partial charge in [0.1, 0.15) is 0 Å². The monoisotopic (exact) mass is 168 g/mol. The minimum atomic E-state index is -0.975. The second kappa shape index (κ2) is 3.38. The van der Waals surface area contributed by atoms with Gasteiger partial charge >= 0.3 is 5.97 Å². The molecule has 1 N–H and O–H groups in total. The summed E-state index contributed by atoms with van der Waals surface area (Å²) in [6.45, 7) is 4.03. The lowest BCUT2D eigenvalue weighted by atomic mass is 10.3. The fourth-order valence-corrected chi connectivity index (χ4v) is 0.885. The predicted octanol–water partition coefficient (Wildman–Crippen LogP) is 1.55. The molecule has 0 unspecified atom stereocenters. The van der Waals surface area contributed by atoms with E-state index in [9.17, 15) is 4.79 Å². The molecule has 1 heterocycles. The number of hydrogen-bond acceptors (Lipinski definition) is 2. The quantitative estimate of drug-likeness (QED) is 0.745. The Kier molecular flexibility index (Phi) is 2.47. The zero-order chi connectivity index (χ0) is 9.14. The van der Waals surface area contributed by atoms with Crippen LogP contribution >= 0.6 is 0 Å². The maximum atomic E-state index is 10.4. The van der Waals surface area contributed by atoms with E-state index in [4.69, 9.17) is 5.11 Å². The molecule has 1 aromatic heterocycles. The Morgan fingerprint density at radius 2 is 2.50 bits per heavy atom. The Labute approximate surface area is 70.8 Å². The summed E-state index contributed by atoms with van der Waals surface area (Å²) in [6, 6.07) is 1.77. The van der Waals surface area contributed by atoms with Gasteiger partial charge in [-0.2, -0.15) is 5.10 Å². The van der Waals surface area contributed by atoms with Gasteiger partial charge in [0.15, 0.2) is 5.69 Å². The number of aromatic carboxylic acids is 1. The van der Waals surface area contributed by atoms with Crippen molar-refractivity contribution in [3.8, 4) is 0 Å². The highest BCUT2D eigenvalue weighted by Crippen LogP contribution is 2.08. The molecule has 1 rings (SSSR count). The average molecular weight is 168 g/mol. The Morgan fingerprint density at radius 3 is 2.92 bits per heavy atom. The van der Waals surface area contributed by atoms with E-state index in [0.717, 1.165) is 6.42 Å². The van der Waals surface area contributed by atoms with E-state index in [1.54, 1.807) is 10.9 Å². The lowest BCUT2D eigenvalue weighted by Crippen LogP contribution is -2.06. The molecule has 0 amide bonds. The Bertz CT molecular complexity index is 280. The fraction of sp³-hybridized carbons (Fsp3) is 0.500. The zero-order valence-electron chi connectivity index (χ0n) is 7.19. The molecule has 0 aromatic carbocycles. The van der Waals surface area contributed by atoms with Crippen LogP contribution in [-0.4, -0.2) is 20.9 Å². The van der Waals surface area contributed by atoms with Gasteiger partial charge in [-0.05, 0) is 19.4 Å². The van der Waals surface area contributed by atoms with Gasteiger partial charge < -0.3 is 5.11 Å². The normalized spacial score (nSPS) is 12.8. The van der Waals surface area contributed by atoms with E-state index >= 15 is 0 Å². The van der Waals surface area contributed by atoms with E-state index in [0.29, 0.717) is 0 Å². The van der Waals surface area contributed by atoms with Gasteiger partial charge in [-0.3, -0.25) is 4.68 Å². The molecule has 0 saturated carbocycles. The maximum absolute atomic E-state index is 10.4. The van der Waals surface area contributed by atoms with E-state index in [2.05, 4.69) is 5.10 Å². The molecule has 0 aliphatic heterocycles. The SMILES string of the molecule is CC[C@@H](C)n1ccc(C(=O)O)n1. The molecule has 1 atom stereocenters. The van der Waals surface area contributed by atoms with Gasteiger partial charge in [-0.25, -0.2) is 4.79 Å². The van der Waals surface area contributed by atoms with Crippen LogP contribution in [0.3, 0.4) is 0 Å². The molecule has 4 heteroatoms. The van der Waals surface area contributed by atoms with E-state index in [1.807, 2.05) is 13.8 Å². The summed E-state index contributed by atoms with van der Waals surface area (Å²) in [5.74, 6) is -0.975. The largest absolute Gasteiger partial charge is 0.476 e. The van der Waals surface area contributed by atoms with E-state index in [1.165, 1.54) is 6.07 Å². The first-order chi connectivity index (χ1) is 5.65. The molecule has 0 spiro atoms. The van der Waals surface area contributed by atoms with Crippen LogP contribution in [0.25, 0.3) is 0 Å². The summed E-state index contributed by atoms with van der Waals surface area (Å²) in [6.07, 6.45) is 2.64. The van der Waals surface area contributed by atoms with Crippen molar-refractivity contribution in [2.24, 2.45) is 0 Å². The van der Waals surface area contributed by atoms with Crippen molar-refractivity contribution in [2.45, 2.75) is 26.3 Å². The van der Waals surface area contributed by atoms with Crippen LogP contribution in [0.4, 0.5) is 0 Å². The fourth-order valence-electron chi connectivity index (χ4n) is 0.885. The van der Waals surface area contributed by atoms with Crippen molar-refractivity contribution in [1.29, 1.82) is 0 Å². The molecule has 0 aliphatic carbocycles. The zero-order valence-corrected chi connectivity index (χ0v) is 7.19. The highest BCUT2D eigenvalue weighted by molar-refractivity contribution is 5.85. The van der Waals surface area contributed by atoms with Crippen molar-refractivity contribution < 1.29 is 9.90 Å². The molecular weight excluding hydrogens is 156 g/mol. The highest BCUT2D eigenvalue weighted by Gasteiger charge is 2.08. The van der Waals surface area contributed by atoms with Crippen LogP contribution < -0.4 is 0 Å². The van der Waals surface area contributed by atoms with Gasteiger partial charge in [0, 0.05) is 12.2 Å². The molecule has 12 heavy (non-hydrogen) atoms. The van der Waals surface area contributed by atoms with Gasteiger partial charge in [-0.1, -0.05) is 6.92 Å². The smallest absolute Gasteiger partial charge is 0.356 e. The Balaban J connectivity index is 2.84. The van der Waals surface area contributed by atoms with Crippen LogP contribution in [0.5, 0.6) is 0 Å². The van der Waals surface area contributed by atoms with Crippen LogP contribution in [-0.2, 0) is 0 Å². The second-order valence-electron chi connectivity index (χ2n) is 2.74. The number of aromatic nitrogens is 2. The summed E-state index contributed by atoms with van der Waals surface area (Å²) in [7, 11) is 0. The summed E-state index contributed by atoms with van der Waals surface area (Å²) in [5.41, 5.74) is 0.107. The summed E-state index contributed by atoms with van der Waals surface area (Å²) < 4.78 is 1.67. The van der Waals surface area contributed by atoms with E-state index in [-0.39, 0.29) is 11.7 Å². The van der Waals surface area contributed by atoms with Crippen molar-refractivity contribution in [2.75, 3.05) is 0 Å². The average Bonchev–Trinajstić information content (AvgIpc) is 2.51. The lowest BCUT2D eigenvalue weighted by molar-refractivity contribution is 0.0689. The van der Waals surface area contributed by atoms with Gasteiger partial charge in [0.05, 0.1) is 0 Å². The summed E-state index contributed by atoms with van der Waals surface area (Å²) >= 11 is 0. The number of carboxylic acids is 1. The minimum Gasteiger partial charge on any atom is -0.476 e. The third-order valence-electron chi connectivity index (χ3n) is 1.87. The van der Waals surface area contributed by atoms with Gasteiger partial charge in [0.25, 0.3) is 0 Å². The third kappa shape index (κ3) is 1.64. The first-order valence-electron chi connectivity index (χ1n) is 3.93. The number of hydrogen-bond donors (Lipinski definition) is 1. The van der Waals surface area contributed by atoms with Gasteiger partial charge in [-0.15, -0.1) is 0 Å². The highest BCUT2D eigenvalue weighted by atomic mass is 16.4. The minimum absolute atomic E-state index is 0.107. The Hall–Kier alpha value is -1.32. The molecule has 4 nitrogen and oxygen atoms in total. The molecule has 0 radical (unpaired) electrons. The number of rotatable bonds is 3. The molecule has 0 aliphatic rings. The third-order valence-corrected chi connectivity index (χ3v) is 1.87. The van der Waals surface area contributed by atoms with Crippen LogP contribution in [0.1, 0.15) is 36.8 Å². The van der Waals surface area contributed by atoms with E-state index < -0.39 is 5.97 Å². The molecule has 0 fully saturated rings. The van der Waals surface area contributed by atoms with Crippen molar-refractivity contribution in [1.82, 2.24) is 9.78 Å². The standard InChI is InChI=1S/C8H12N2O2/c1-3-6(2)10-5-4-7(9-10)8(11)12/h4-6H,3H2,1-2H3,(H,11,12)/t6-/m1/s1. The number of carboxylic acid groups (broad SMARTS) is 1. The number of nitrogens with zero attached hydrogens (tertiary/aromatic N) is 2. The topological polar surface area (TPSA) is 55.1 Å². The van der Waals surface area contributed by atoms with Crippen molar-refractivity contribution >= 4 is 5.97 Å². The van der Waals surface area contributed by atoms with Crippen molar-refractivity contribution in [3.05, 3.63) is 18.0 Å². The van der Waals surface area contributed by atoms with Crippen LogP contribution in [0.2, 0.25) is 0 Å². The van der Waals surface area contributed by atoms with Gasteiger partial charge in [0.2, 0.25) is 0 Å². The van der Waals surface area contributed by atoms with Crippen molar-refractivity contribution in [3.63, 3.8) is 0 Å². The maximum Gasteiger partial charge on any atom is 0.356 e. The lowest BCUT2D eigenvalue weighted by Gasteiger charge is -2.07. The second-order valence-corrected chi connectivity index (χ2v) is 2.74. The predicted molar refractivity (Wildman–Crippen MR) is 44.2 cm³/mol. The number of carbonyl (C=O) groups is 1. The molecule has 0 saturated heterocycles. The molecular formula is C8H12N2O2. The first kappa shape index (κ1) is 8.77.